The number of aliphatic hydroxyl groups excluding tert-OH is 1. The number of β-amino-alcohol motifs (C(OH)–C–C–N with tert-alkyl or cyclic N) is 1. The molecule has 1 atom stereocenters. The first-order chi connectivity index (χ1) is 11.7. The maximum absolute atomic E-state index is 12.1. The molecule has 2 amide bonds. The maximum Gasteiger partial charge on any atom is 0.319 e. The highest BCUT2D eigenvalue weighted by Crippen LogP contribution is 2.18. The number of carbonyl (C=O) groups is 1. The zero-order chi connectivity index (χ0) is 16.8. The summed E-state index contributed by atoms with van der Waals surface area (Å²) < 4.78 is 1.69. The standard InChI is InChI=1S/C17H23N5O2/c23-14(13-21-9-3-4-10-21)12-18-17(24)20-15-6-1-2-7-16(15)22-11-5-8-19-22/h1-2,5-8,11,14,23H,3-4,9-10,12-13H2,(H2,18,20,24)/t14-/m1/s1. The number of amides is 2. The number of hydrogen-bond acceptors (Lipinski definition) is 4. The second-order valence-electron chi connectivity index (χ2n) is 5.96. The van der Waals surface area contributed by atoms with E-state index in [0.717, 1.165) is 18.8 Å². The summed E-state index contributed by atoms with van der Waals surface area (Å²) >= 11 is 0. The van der Waals surface area contributed by atoms with Gasteiger partial charge in [-0.25, -0.2) is 9.48 Å². The Morgan fingerprint density at radius 2 is 2.04 bits per heavy atom. The number of benzene rings is 1. The van der Waals surface area contributed by atoms with Crippen LogP contribution < -0.4 is 10.6 Å². The minimum Gasteiger partial charge on any atom is -0.390 e. The number of likely N-dealkylation sites (tertiary alicyclic amines) is 1. The van der Waals surface area contributed by atoms with Gasteiger partial charge in [0.15, 0.2) is 0 Å². The fourth-order valence-corrected chi connectivity index (χ4v) is 2.90. The van der Waals surface area contributed by atoms with E-state index in [1.54, 1.807) is 10.9 Å². The molecule has 0 aliphatic carbocycles. The van der Waals surface area contributed by atoms with Gasteiger partial charge in [-0.15, -0.1) is 0 Å². The Labute approximate surface area is 141 Å². The molecule has 3 rings (SSSR count). The van der Waals surface area contributed by atoms with Crippen LogP contribution in [0.5, 0.6) is 0 Å². The molecule has 2 heterocycles. The lowest BCUT2D eigenvalue weighted by atomic mass is 10.2. The second kappa shape index (κ2) is 7.94. The number of rotatable bonds is 6. The summed E-state index contributed by atoms with van der Waals surface area (Å²) in [6.45, 7) is 2.89. The van der Waals surface area contributed by atoms with Crippen LogP contribution in [-0.2, 0) is 0 Å². The lowest BCUT2D eigenvalue weighted by Gasteiger charge is -2.19. The van der Waals surface area contributed by atoms with Crippen LogP contribution in [0, 0.1) is 0 Å². The second-order valence-corrected chi connectivity index (χ2v) is 5.96. The first-order valence-corrected chi connectivity index (χ1v) is 8.27. The van der Waals surface area contributed by atoms with Crippen molar-refractivity contribution in [3.63, 3.8) is 0 Å². The van der Waals surface area contributed by atoms with Crippen LogP contribution in [0.15, 0.2) is 42.7 Å². The van der Waals surface area contributed by atoms with Crippen molar-refractivity contribution in [1.29, 1.82) is 0 Å². The molecule has 1 fully saturated rings. The Morgan fingerprint density at radius 3 is 2.79 bits per heavy atom. The van der Waals surface area contributed by atoms with Crippen LogP contribution in [0.25, 0.3) is 5.69 Å². The predicted octanol–water partition coefficient (Wildman–Crippen LogP) is 1.45. The van der Waals surface area contributed by atoms with Crippen LogP contribution in [0.2, 0.25) is 0 Å². The first kappa shape index (κ1) is 16.5. The van der Waals surface area contributed by atoms with Crippen molar-refractivity contribution in [3.8, 4) is 5.69 Å². The summed E-state index contributed by atoms with van der Waals surface area (Å²) in [6.07, 6.45) is 5.31. The highest BCUT2D eigenvalue weighted by Gasteiger charge is 2.16. The average molecular weight is 329 g/mol. The van der Waals surface area contributed by atoms with Crippen LogP contribution in [-0.4, -0.2) is 58.1 Å². The number of aliphatic hydroxyl groups is 1. The van der Waals surface area contributed by atoms with E-state index in [9.17, 15) is 9.90 Å². The molecule has 0 spiro atoms. The fraction of sp³-hybridized carbons (Fsp3) is 0.412. The number of carbonyl (C=O) groups excluding carboxylic acids is 1. The normalized spacial score (nSPS) is 16.0. The van der Waals surface area contributed by atoms with Crippen molar-refractivity contribution in [2.75, 3.05) is 31.5 Å². The molecule has 0 bridgehead atoms. The van der Waals surface area contributed by atoms with E-state index < -0.39 is 6.10 Å². The number of urea groups is 1. The van der Waals surface area contributed by atoms with Crippen LogP contribution in [0.1, 0.15) is 12.8 Å². The summed E-state index contributed by atoms with van der Waals surface area (Å²) in [7, 11) is 0. The molecular formula is C17H23N5O2. The molecule has 24 heavy (non-hydrogen) atoms. The lowest BCUT2D eigenvalue weighted by molar-refractivity contribution is 0.125. The number of nitrogens with one attached hydrogen (secondary N) is 2. The molecule has 0 radical (unpaired) electrons. The summed E-state index contributed by atoms with van der Waals surface area (Å²) in [5.74, 6) is 0. The number of nitrogens with zero attached hydrogens (tertiary/aromatic N) is 3. The van der Waals surface area contributed by atoms with Gasteiger partial charge >= 0.3 is 6.03 Å². The zero-order valence-corrected chi connectivity index (χ0v) is 13.6. The summed E-state index contributed by atoms with van der Waals surface area (Å²) in [4.78, 5) is 14.3. The minimum atomic E-state index is -0.560. The molecule has 0 saturated carbocycles. The molecule has 1 aromatic heterocycles. The van der Waals surface area contributed by atoms with Gasteiger partial charge in [0.2, 0.25) is 0 Å². The molecule has 7 heteroatoms. The molecule has 1 aliphatic heterocycles. The van der Waals surface area contributed by atoms with Gasteiger partial charge in [0, 0.05) is 25.5 Å². The van der Waals surface area contributed by atoms with E-state index in [2.05, 4.69) is 20.6 Å². The zero-order valence-electron chi connectivity index (χ0n) is 13.6. The Morgan fingerprint density at radius 1 is 1.25 bits per heavy atom. The Hall–Kier alpha value is -2.38. The number of hydrogen-bond donors (Lipinski definition) is 3. The molecule has 7 nitrogen and oxygen atoms in total. The number of para-hydroxylation sites is 2. The molecule has 1 aromatic carbocycles. The van der Waals surface area contributed by atoms with Crippen LogP contribution in [0.3, 0.4) is 0 Å². The van der Waals surface area contributed by atoms with E-state index in [1.165, 1.54) is 12.8 Å². The highest BCUT2D eigenvalue weighted by molar-refractivity contribution is 5.91. The van der Waals surface area contributed by atoms with Crippen LogP contribution >= 0.6 is 0 Å². The number of aromatic nitrogens is 2. The van der Waals surface area contributed by atoms with Gasteiger partial charge in [-0.2, -0.15) is 5.10 Å². The maximum atomic E-state index is 12.1. The van der Waals surface area contributed by atoms with Crippen molar-refractivity contribution in [3.05, 3.63) is 42.7 Å². The van der Waals surface area contributed by atoms with E-state index in [1.807, 2.05) is 36.5 Å². The molecular weight excluding hydrogens is 306 g/mol. The van der Waals surface area contributed by atoms with Gasteiger partial charge in [0.25, 0.3) is 0 Å². The quantitative estimate of drug-likeness (QED) is 0.749. The molecule has 1 aliphatic rings. The topological polar surface area (TPSA) is 82.4 Å². The minimum absolute atomic E-state index is 0.228. The van der Waals surface area contributed by atoms with E-state index >= 15 is 0 Å². The van der Waals surface area contributed by atoms with Crippen LogP contribution in [0.4, 0.5) is 10.5 Å². The third kappa shape index (κ3) is 4.33. The first-order valence-electron chi connectivity index (χ1n) is 8.27. The Kier molecular flexibility index (Phi) is 5.45. The SMILES string of the molecule is O=C(NC[C@@H](O)CN1CCCC1)Nc1ccccc1-n1cccn1. The summed E-state index contributed by atoms with van der Waals surface area (Å²) in [5.41, 5.74) is 1.45. The van der Waals surface area contributed by atoms with Gasteiger partial charge in [-0.05, 0) is 44.1 Å². The molecule has 2 aromatic rings. The van der Waals surface area contributed by atoms with E-state index in [4.69, 9.17) is 0 Å². The largest absolute Gasteiger partial charge is 0.390 e. The Bertz CT molecular complexity index is 653. The molecule has 128 valence electrons. The smallest absolute Gasteiger partial charge is 0.319 e. The summed E-state index contributed by atoms with van der Waals surface area (Å²) in [6, 6.07) is 8.92. The third-order valence-electron chi connectivity index (χ3n) is 4.07. The van der Waals surface area contributed by atoms with Crippen molar-refractivity contribution in [2.24, 2.45) is 0 Å². The van der Waals surface area contributed by atoms with Gasteiger partial charge in [0.05, 0.1) is 17.5 Å². The molecule has 0 unspecified atom stereocenters. The fourth-order valence-electron chi connectivity index (χ4n) is 2.90. The van der Waals surface area contributed by atoms with Gasteiger partial charge in [0.1, 0.15) is 0 Å². The number of anilines is 1. The average Bonchev–Trinajstić information content (AvgIpc) is 3.27. The molecule has 1 saturated heterocycles. The van der Waals surface area contributed by atoms with Gasteiger partial charge in [-0.3, -0.25) is 0 Å². The van der Waals surface area contributed by atoms with Crippen molar-refractivity contribution in [2.45, 2.75) is 18.9 Å². The van der Waals surface area contributed by atoms with Crippen molar-refractivity contribution < 1.29 is 9.90 Å². The van der Waals surface area contributed by atoms with Gasteiger partial charge in [-0.1, -0.05) is 12.1 Å². The third-order valence-corrected chi connectivity index (χ3v) is 4.07. The Balaban J connectivity index is 1.52. The summed E-state index contributed by atoms with van der Waals surface area (Å²) in [5, 5.41) is 19.7. The lowest BCUT2D eigenvalue weighted by Crippen LogP contribution is -2.40. The predicted molar refractivity (Wildman–Crippen MR) is 92.3 cm³/mol. The van der Waals surface area contributed by atoms with Crippen molar-refractivity contribution >= 4 is 11.7 Å². The monoisotopic (exact) mass is 329 g/mol. The van der Waals surface area contributed by atoms with E-state index in [0.29, 0.717) is 12.2 Å². The van der Waals surface area contributed by atoms with E-state index in [-0.39, 0.29) is 12.6 Å². The van der Waals surface area contributed by atoms with Gasteiger partial charge < -0.3 is 20.6 Å². The molecule has 3 N–H and O–H groups in total. The van der Waals surface area contributed by atoms with Crippen molar-refractivity contribution in [1.82, 2.24) is 20.0 Å². The highest BCUT2D eigenvalue weighted by atomic mass is 16.3.